The first-order valence-corrected chi connectivity index (χ1v) is 9.14. The van der Waals surface area contributed by atoms with Gasteiger partial charge in [-0.25, -0.2) is 4.98 Å². The quantitative estimate of drug-likeness (QED) is 0.741. The lowest BCUT2D eigenvalue weighted by molar-refractivity contribution is -0.125. The normalized spacial score (nSPS) is 17.4. The number of aromatic nitrogens is 3. The van der Waals surface area contributed by atoms with Crippen molar-refractivity contribution in [3.8, 4) is 0 Å². The van der Waals surface area contributed by atoms with Crippen molar-refractivity contribution in [3.05, 3.63) is 53.3 Å². The number of nitrogens with zero attached hydrogens (tertiary/aromatic N) is 3. The molecule has 1 aliphatic heterocycles. The zero-order valence-corrected chi connectivity index (χ0v) is 15.0. The van der Waals surface area contributed by atoms with Gasteiger partial charge in [-0.1, -0.05) is 17.7 Å². The highest BCUT2D eigenvalue weighted by Crippen LogP contribution is 2.25. The second-order valence-corrected chi connectivity index (χ2v) is 7.02. The van der Waals surface area contributed by atoms with E-state index in [4.69, 9.17) is 11.6 Å². The fraction of sp³-hybridized carbons (Fsp3) is 0.316. The van der Waals surface area contributed by atoms with Crippen LogP contribution in [0.1, 0.15) is 18.4 Å². The van der Waals surface area contributed by atoms with Gasteiger partial charge in [0.1, 0.15) is 0 Å². The van der Waals surface area contributed by atoms with Gasteiger partial charge < -0.3 is 15.2 Å². The number of halogens is 1. The van der Waals surface area contributed by atoms with Gasteiger partial charge in [0, 0.05) is 37.1 Å². The zero-order chi connectivity index (χ0) is 17.9. The van der Waals surface area contributed by atoms with Crippen molar-refractivity contribution in [3.63, 3.8) is 0 Å². The molecule has 7 heteroatoms. The van der Waals surface area contributed by atoms with Gasteiger partial charge in [0.05, 0.1) is 17.0 Å². The second-order valence-electron chi connectivity index (χ2n) is 6.59. The molecular formula is C19H20ClN5O. The average Bonchev–Trinajstić information content (AvgIpc) is 3.10. The van der Waals surface area contributed by atoms with E-state index >= 15 is 0 Å². The molecular weight excluding hydrogens is 350 g/mol. The number of nitrogens with one attached hydrogen (secondary N) is 2. The van der Waals surface area contributed by atoms with Gasteiger partial charge in [-0.15, -0.1) is 0 Å². The van der Waals surface area contributed by atoms with Gasteiger partial charge in [-0.2, -0.15) is 0 Å². The zero-order valence-electron chi connectivity index (χ0n) is 14.3. The van der Waals surface area contributed by atoms with Crippen LogP contribution < -0.4 is 10.2 Å². The SMILES string of the molecule is O=C(NCc1cccnc1)C1CCCN(c2nc3ccc(Cl)cc3[nH]2)C1. The summed E-state index contributed by atoms with van der Waals surface area (Å²) in [5.74, 6) is 0.835. The smallest absolute Gasteiger partial charge is 0.225 e. The molecule has 1 amide bonds. The molecule has 6 nitrogen and oxygen atoms in total. The number of pyridine rings is 1. The number of H-pyrrole nitrogens is 1. The molecule has 0 radical (unpaired) electrons. The number of carbonyl (C=O) groups excluding carboxylic acids is 1. The summed E-state index contributed by atoms with van der Waals surface area (Å²) >= 11 is 6.04. The van der Waals surface area contributed by atoms with Gasteiger partial charge in [-0.3, -0.25) is 9.78 Å². The summed E-state index contributed by atoms with van der Waals surface area (Å²) in [6.07, 6.45) is 5.35. The Labute approximate surface area is 156 Å². The van der Waals surface area contributed by atoms with Crippen LogP contribution in [0.2, 0.25) is 5.02 Å². The van der Waals surface area contributed by atoms with Gasteiger partial charge in [-0.05, 0) is 42.7 Å². The van der Waals surface area contributed by atoms with Crippen LogP contribution in [-0.4, -0.2) is 33.9 Å². The summed E-state index contributed by atoms with van der Waals surface area (Å²) in [5.41, 5.74) is 2.80. The number of piperidine rings is 1. The van der Waals surface area contributed by atoms with Crippen LogP contribution in [0, 0.1) is 5.92 Å². The second kappa shape index (κ2) is 7.33. The topological polar surface area (TPSA) is 73.9 Å². The van der Waals surface area contributed by atoms with Gasteiger partial charge >= 0.3 is 0 Å². The number of aromatic amines is 1. The van der Waals surface area contributed by atoms with Crippen molar-refractivity contribution < 1.29 is 4.79 Å². The minimum absolute atomic E-state index is 0.0442. The summed E-state index contributed by atoms with van der Waals surface area (Å²) in [7, 11) is 0. The molecule has 1 atom stereocenters. The molecule has 1 unspecified atom stereocenters. The average molecular weight is 370 g/mol. The molecule has 0 bridgehead atoms. The van der Waals surface area contributed by atoms with E-state index in [1.807, 2.05) is 30.3 Å². The van der Waals surface area contributed by atoms with E-state index in [1.165, 1.54) is 0 Å². The van der Waals surface area contributed by atoms with Gasteiger partial charge in [0.25, 0.3) is 0 Å². The number of anilines is 1. The summed E-state index contributed by atoms with van der Waals surface area (Å²) in [5, 5.41) is 3.70. The Kier molecular flexibility index (Phi) is 4.75. The van der Waals surface area contributed by atoms with Crippen LogP contribution in [-0.2, 0) is 11.3 Å². The summed E-state index contributed by atoms with van der Waals surface area (Å²) in [6.45, 7) is 2.05. The molecule has 0 saturated carbocycles. The maximum atomic E-state index is 12.6. The first-order valence-electron chi connectivity index (χ1n) is 8.76. The molecule has 1 saturated heterocycles. The molecule has 134 valence electrons. The number of fused-ring (bicyclic) bond motifs is 1. The van der Waals surface area contributed by atoms with Crippen LogP contribution in [0.25, 0.3) is 11.0 Å². The fourth-order valence-corrected chi connectivity index (χ4v) is 3.51. The van der Waals surface area contributed by atoms with E-state index in [1.54, 1.807) is 12.4 Å². The number of carbonyl (C=O) groups is 1. The maximum Gasteiger partial charge on any atom is 0.225 e. The highest BCUT2D eigenvalue weighted by atomic mass is 35.5. The summed E-state index contributed by atoms with van der Waals surface area (Å²) < 4.78 is 0. The Balaban J connectivity index is 1.42. The van der Waals surface area contributed by atoms with Crippen molar-refractivity contribution in [2.75, 3.05) is 18.0 Å². The molecule has 2 N–H and O–H groups in total. The molecule has 26 heavy (non-hydrogen) atoms. The first kappa shape index (κ1) is 16.8. The standard InChI is InChI=1S/C19H20ClN5O/c20-15-5-6-16-17(9-15)24-19(23-16)25-8-2-4-14(12-25)18(26)22-11-13-3-1-7-21-10-13/h1,3,5-7,9-10,14H,2,4,8,11-12H2,(H,22,26)(H,23,24). The van der Waals surface area contributed by atoms with Crippen LogP contribution in [0.4, 0.5) is 5.95 Å². The third-order valence-electron chi connectivity index (χ3n) is 4.71. The van der Waals surface area contributed by atoms with Crippen LogP contribution in [0.15, 0.2) is 42.7 Å². The first-order chi connectivity index (χ1) is 12.7. The van der Waals surface area contributed by atoms with Crippen molar-refractivity contribution in [2.24, 2.45) is 5.92 Å². The Morgan fingerprint density at radius 3 is 3.15 bits per heavy atom. The highest BCUT2D eigenvalue weighted by Gasteiger charge is 2.27. The van der Waals surface area contributed by atoms with Crippen molar-refractivity contribution in [1.29, 1.82) is 0 Å². The monoisotopic (exact) mass is 369 g/mol. The lowest BCUT2D eigenvalue weighted by Gasteiger charge is -2.31. The minimum atomic E-state index is -0.0442. The van der Waals surface area contributed by atoms with E-state index in [-0.39, 0.29) is 11.8 Å². The molecule has 0 aliphatic carbocycles. The Morgan fingerprint density at radius 1 is 1.38 bits per heavy atom. The largest absolute Gasteiger partial charge is 0.352 e. The number of rotatable bonds is 4. The maximum absolute atomic E-state index is 12.6. The number of benzene rings is 1. The molecule has 3 aromatic rings. The Morgan fingerprint density at radius 2 is 2.31 bits per heavy atom. The Bertz CT molecular complexity index is 911. The Hall–Kier alpha value is -2.60. The van der Waals surface area contributed by atoms with Crippen molar-refractivity contribution >= 4 is 34.5 Å². The number of hydrogen-bond acceptors (Lipinski definition) is 4. The minimum Gasteiger partial charge on any atom is -0.352 e. The van der Waals surface area contributed by atoms with Gasteiger partial charge in [0.2, 0.25) is 11.9 Å². The van der Waals surface area contributed by atoms with Crippen molar-refractivity contribution in [1.82, 2.24) is 20.3 Å². The lowest BCUT2D eigenvalue weighted by Crippen LogP contribution is -2.43. The molecule has 4 rings (SSSR count). The molecule has 1 aromatic carbocycles. The number of hydrogen-bond donors (Lipinski definition) is 2. The molecule has 1 fully saturated rings. The summed E-state index contributed by atoms with van der Waals surface area (Å²) in [4.78, 5) is 26.7. The third kappa shape index (κ3) is 3.65. The van der Waals surface area contributed by atoms with E-state index in [2.05, 4.69) is 25.2 Å². The van der Waals surface area contributed by atoms with E-state index < -0.39 is 0 Å². The molecule has 0 spiro atoms. The predicted octanol–water partition coefficient (Wildman–Crippen LogP) is 3.14. The van der Waals surface area contributed by atoms with Crippen LogP contribution in [0.5, 0.6) is 0 Å². The van der Waals surface area contributed by atoms with Crippen LogP contribution >= 0.6 is 11.6 Å². The molecule has 2 aromatic heterocycles. The fourth-order valence-electron chi connectivity index (χ4n) is 3.34. The third-order valence-corrected chi connectivity index (χ3v) is 4.95. The predicted molar refractivity (Wildman–Crippen MR) is 102 cm³/mol. The highest BCUT2D eigenvalue weighted by molar-refractivity contribution is 6.31. The number of amides is 1. The van der Waals surface area contributed by atoms with Gasteiger partial charge in [0.15, 0.2) is 0 Å². The number of imidazole rings is 1. The van der Waals surface area contributed by atoms with E-state index in [9.17, 15) is 4.79 Å². The van der Waals surface area contributed by atoms with Crippen molar-refractivity contribution in [2.45, 2.75) is 19.4 Å². The van der Waals surface area contributed by atoms with E-state index in [0.717, 1.165) is 41.9 Å². The lowest BCUT2D eigenvalue weighted by atomic mass is 9.97. The summed E-state index contributed by atoms with van der Waals surface area (Å²) in [6, 6.07) is 9.44. The molecule has 1 aliphatic rings. The van der Waals surface area contributed by atoms with Crippen LogP contribution in [0.3, 0.4) is 0 Å². The molecule has 3 heterocycles. The van der Waals surface area contributed by atoms with E-state index in [0.29, 0.717) is 18.1 Å².